The first-order chi connectivity index (χ1) is 11.3. The number of benzene rings is 2. The number of nitrogens with one attached hydrogen (secondary N) is 1. The van der Waals surface area contributed by atoms with Crippen LogP contribution in [0.25, 0.3) is 10.9 Å². The predicted octanol–water partition coefficient (Wildman–Crippen LogP) is 4.06. The largest absolute Gasteiger partial charge is 0.469 e. The number of carbonyl (C=O) groups excluding carboxylic acids is 1. The smallest absolute Gasteiger partial charge is 0.305 e. The summed E-state index contributed by atoms with van der Waals surface area (Å²) in [5.74, 6) is -0.163. The number of carbonyl (C=O) groups is 1. The number of hydrogen-bond donors (Lipinski definition) is 1. The van der Waals surface area contributed by atoms with Gasteiger partial charge in [-0.15, -0.1) is 0 Å². The van der Waals surface area contributed by atoms with Gasteiger partial charge in [0, 0.05) is 23.5 Å². The van der Waals surface area contributed by atoms with Gasteiger partial charge in [-0.05, 0) is 48.1 Å². The number of H-pyrrole nitrogens is 1. The Balaban J connectivity index is 1.74. The number of hydrogen-bond acceptors (Lipinski definition) is 2. The maximum atomic E-state index is 11.3. The van der Waals surface area contributed by atoms with E-state index in [9.17, 15) is 4.79 Å². The Kier molecular flexibility index (Phi) is 4.77. The fourth-order valence-electron chi connectivity index (χ4n) is 2.86. The van der Waals surface area contributed by atoms with Gasteiger partial charge in [-0.25, -0.2) is 0 Å². The van der Waals surface area contributed by atoms with E-state index in [0.717, 1.165) is 18.4 Å². The van der Waals surface area contributed by atoms with Gasteiger partial charge in [-0.1, -0.05) is 36.4 Å². The normalized spacial score (nSPS) is 10.8. The van der Waals surface area contributed by atoms with Gasteiger partial charge in [0.05, 0.1) is 7.11 Å². The summed E-state index contributed by atoms with van der Waals surface area (Å²) in [4.78, 5) is 14.6. The van der Waals surface area contributed by atoms with Gasteiger partial charge < -0.3 is 9.72 Å². The summed E-state index contributed by atoms with van der Waals surface area (Å²) in [6.45, 7) is 0. The molecule has 0 radical (unpaired) electrons. The van der Waals surface area contributed by atoms with Gasteiger partial charge in [0.25, 0.3) is 0 Å². The summed E-state index contributed by atoms with van der Waals surface area (Å²) in [5, 5.41) is 1.25. The zero-order valence-corrected chi connectivity index (χ0v) is 13.3. The van der Waals surface area contributed by atoms with Gasteiger partial charge in [-0.3, -0.25) is 4.79 Å². The van der Waals surface area contributed by atoms with Gasteiger partial charge in [0.1, 0.15) is 0 Å². The van der Waals surface area contributed by atoms with Crippen LogP contribution >= 0.6 is 0 Å². The predicted molar refractivity (Wildman–Crippen MR) is 92.5 cm³/mol. The highest BCUT2D eigenvalue weighted by atomic mass is 16.5. The number of fused-ring (bicyclic) bond motifs is 1. The number of aryl methyl sites for hydroxylation is 3. The van der Waals surface area contributed by atoms with E-state index in [0.29, 0.717) is 12.8 Å². The molecule has 0 amide bonds. The molecule has 2 aromatic carbocycles. The van der Waals surface area contributed by atoms with E-state index in [1.807, 2.05) is 6.07 Å². The summed E-state index contributed by atoms with van der Waals surface area (Å²) in [7, 11) is 1.43. The SMILES string of the molecule is COC(=O)CCc1ccc2[nH]cc(CCc3ccccc3)c2c1. The van der Waals surface area contributed by atoms with Crippen LogP contribution in [0, 0.1) is 0 Å². The molecule has 1 aromatic heterocycles. The molecule has 3 heteroatoms. The molecular formula is C20H21NO2. The number of esters is 1. The lowest BCUT2D eigenvalue weighted by Crippen LogP contribution is -2.01. The lowest BCUT2D eigenvalue weighted by molar-refractivity contribution is -0.140. The first-order valence-corrected chi connectivity index (χ1v) is 7.96. The van der Waals surface area contributed by atoms with Crippen LogP contribution in [-0.2, 0) is 28.8 Å². The van der Waals surface area contributed by atoms with Crippen molar-refractivity contribution in [3.8, 4) is 0 Å². The molecule has 0 saturated carbocycles. The number of aromatic nitrogens is 1. The quantitative estimate of drug-likeness (QED) is 0.698. The molecule has 3 aromatic rings. The third kappa shape index (κ3) is 3.81. The van der Waals surface area contributed by atoms with Crippen LogP contribution in [0.1, 0.15) is 23.1 Å². The standard InChI is InChI=1S/C20H21NO2/c1-23-20(22)12-9-16-8-11-19-18(13-16)17(14-21-19)10-7-15-5-3-2-4-6-15/h2-6,8,11,13-14,21H,7,9-10,12H2,1H3. The third-order valence-corrected chi connectivity index (χ3v) is 4.20. The molecule has 0 atom stereocenters. The zero-order chi connectivity index (χ0) is 16.1. The molecule has 0 aliphatic rings. The van der Waals surface area contributed by atoms with E-state index in [1.54, 1.807) is 0 Å². The molecule has 118 valence electrons. The average Bonchev–Trinajstić information content (AvgIpc) is 3.01. The molecule has 1 heterocycles. The number of methoxy groups -OCH3 is 1. The molecule has 0 unspecified atom stereocenters. The Morgan fingerprint density at radius 3 is 2.61 bits per heavy atom. The van der Waals surface area contributed by atoms with Gasteiger partial charge in [0.2, 0.25) is 0 Å². The van der Waals surface area contributed by atoms with Crippen LogP contribution in [0.2, 0.25) is 0 Å². The Hall–Kier alpha value is -2.55. The van der Waals surface area contributed by atoms with Crippen molar-refractivity contribution in [2.45, 2.75) is 25.7 Å². The molecule has 0 aliphatic heterocycles. The van der Waals surface area contributed by atoms with Gasteiger partial charge in [-0.2, -0.15) is 0 Å². The van der Waals surface area contributed by atoms with Crippen LogP contribution in [0.5, 0.6) is 0 Å². The van der Waals surface area contributed by atoms with E-state index in [4.69, 9.17) is 4.74 Å². The fraction of sp³-hybridized carbons (Fsp3) is 0.250. The van der Waals surface area contributed by atoms with Crippen molar-refractivity contribution in [2.24, 2.45) is 0 Å². The molecular weight excluding hydrogens is 286 g/mol. The van der Waals surface area contributed by atoms with Crippen LogP contribution < -0.4 is 0 Å². The molecule has 0 spiro atoms. The van der Waals surface area contributed by atoms with Crippen LogP contribution in [0.3, 0.4) is 0 Å². The summed E-state index contributed by atoms with van der Waals surface area (Å²) in [6.07, 6.45) is 5.26. The van der Waals surface area contributed by atoms with Gasteiger partial charge in [0.15, 0.2) is 0 Å². The number of aromatic amines is 1. The van der Waals surface area contributed by atoms with Crippen molar-refractivity contribution in [3.63, 3.8) is 0 Å². The van der Waals surface area contributed by atoms with E-state index >= 15 is 0 Å². The Morgan fingerprint density at radius 2 is 1.83 bits per heavy atom. The second-order valence-electron chi connectivity index (χ2n) is 5.76. The highest BCUT2D eigenvalue weighted by Crippen LogP contribution is 2.22. The van der Waals surface area contributed by atoms with Crippen molar-refractivity contribution >= 4 is 16.9 Å². The summed E-state index contributed by atoms with van der Waals surface area (Å²) >= 11 is 0. The second-order valence-corrected chi connectivity index (χ2v) is 5.76. The topological polar surface area (TPSA) is 42.1 Å². The van der Waals surface area contributed by atoms with Crippen molar-refractivity contribution in [1.29, 1.82) is 0 Å². The van der Waals surface area contributed by atoms with Crippen LogP contribution in [0.4, 0.5) is 0 Å². The Bertz CT molecular complexity index is 790. The summed E-state index contributed by atoms with van der Waals surface area (Å²) in [6, 6.07) is 16.9. The minimum atomic E-state index is -0.163. The number of rotatable bonds is 6. The molecule has 0 aliphatic carbocycles. The van der Waals surface area contributed by atoms with E-state index in [1.165, 1.54) is 29.2 Å². The molecule has 0 bridgehead atoms. The van der Waals surface area contributed by atoms with E-state index < -0.39 is 0 Å². The van der Waals surface area contributed by atoms with Gasteiger partial charge >= 0.3 is 5.97 Å². The van der Waals surface area contributed by atoms with Crippen LogP contribution in [0.15, 0.2) is 54.7 Å². The number of ether oxygens (including phenoxy) is 1. The third-order valence-electron chi connectivity index (χ3n) is 4.20. The summed E-state index contributed by atoms with van der Waals surface area (Å²) < 4.78 is 4.71. The molecule has 0 saturated heterocycles. The maximum Gasteiger partial charge on any atom is 0.305 e. The highest BCUT2D eigenvalue weighted by Gasteiger charge is 2.07. The molecule has 1 N–H and O–H groups in total. The van der Waals surface area contributed by atoms with E-state index in [2.05, 4.69) is 53.6 Å². The summed E-state index contributed by atoms with van der Waals surface area (Å²) in [5.41, 5.74) is 4.99. The molecule has 3 rings (SSSR count). The lowest BCUT2D eigenvalue weighted by atomic mass is 10.0. The first-order valence-electron chi connectivity index (χ1n) is 7.96. The Labute approximate surface area is 136 Å². The highest BCUT2D eigenvalue weighted by molar-refractivity contribution is 5.84. The second kappa shape index (κ2) is 7.14. The minimum absolute atomic E-state index is 0.163. The van der Waals surface area contributed by atoms with Crippen molar-refractivity contribution in [2.75, 3.05) is 7.11 Å². The monoisotopic (exact) mass is 307 g/mol. The zero-order valence-electron chi connectivity index (χ0n) is 13.3. The Morgan fingerprint density at radius 1 is 1.00 bits per heavy atom. The van der Waals surface area contributed by atoms with Crippen molar-refractivity contribution in [3.05, 3.63) is 71.4 Å². The minimum Gasteiger partial charge on any atom is -0.469 e. The van der Waals surface area contributed by atoms with E-state index in [-0.39, 0.29) is 5.97 Å². The van der Waals surface area contributed by atoms with Crippen molar-refractivity contribution in [1.82, 2.24) is 4.98 Å². The molecule has 3 nitrogen and oxygen atoms in total. The molecule has 0 fully saturated rings. The van der Waals surface area contributed by atoms with Crippen molar-refractivity contribution < 1.29 is 9.53 Å². The lowest BCUT2D eigenvalue weighted by Gasteiger charge is -2.04. The maximum absolute atomic E-state index is 11.3. The average molecular weight is 307 g/mol. The van der Waals surface area contributed by atoms with Crippen LogP contribution in [-0.4, -0.2) is 18.1 Å². The first kappa shape index (κ1) is 15.3. The fourth-order valence-corrected chi connectivity index (χ4v) is 2.86. The molecule has 23 heavy (non-hydrogen) atoms.